The van der Waals surface area contributed by atoms with Crippen LogP contribution in [0.25, 0.3) is 11.2 Å². The molecule has 0 unspecified atom stereocenters. The summed E-state index contributed by atoms with van der Waals surface area (Å²) >= 11 is 6.32. The predicted octanol–water partition coefficient (Wildman–Crippen LogP) is 5.00. The molecule has 3 aromatic rings. The number of carbonyl (C=O) groups is 1. The SMILES string of the molecule is CC(=O)Cc1cc(Cl)cc(Nc2nc(C[C@@H]3CCCC[C@@H]3N)nc3c2ncn3C(C)C)c1. The number of ketones is 1. The number of aromatic nitrogens is 4. The molecule has 1 aliphatic carbocycles. The van der Waals surface area contributed by atoms with E-state index >= 15 is 0 Å². The molecule has 32 heavy (non-hydrogen) atoms. The highest BCUT2D eigenvalue weighted by Crippen LogP contribution is 2.30. The lowest BCUT2D eigenvalue weighted by Gasteiger charge is -2.28. The third-order valence-corrected chi connectivity index (χ3v) is 6.33. The Labute approximate surface area is 193 Å². The first-order valence-corrected chi connectivity index (χ1v) is 11.7. The van der Waals surface area contributed by atoms with Crippen molar-refractivity contribution in [2.75, 3.05) is 5.32 Å². The van der Waals surface area contributed by atoms with Gasteiger partial charge in [-0.1, -0.05) is 24.4 Å². The molecule has 170 valence electrons. The van der Waals surface area contributed by atoms with E-state index in [2.05, 4.69) is 28.7 Å². The predicted molar refractivity (Wildman–Crippen MR) is 128 cm³/mol. The van der Waals surface area contributed by atoms with E-state index in [1.807, 2.05) is 24.5 Å². The van der Waals surface area contributed by atoms with Gasteiger partial charge >= 0.3 is 0 Å². The lowest BCUT2D eigenvalue weighted by atomic mass is 9.83. The number of fused-ring (bicyclic) bond motifs is 1. The van der Waals surface area contributed by atoms with E-state index in [4.69, 9.17) is 27.3 Å². The smallest absolute Gasteiger partial charge is 0.166 e. The van der Waals surface area contributed by atoms with Crippen molar-refractivity contribution in [3.05, 3.63) is 40.9 Å². The Morgan fingerprint density at radius 2 is 2.03 bits per heavy atom. The molecule has 3 N–H and O–H groups in total. The second-order valence-electron chi connectivity index (χ2n) is 9.17. The van der Waals surface area contributed by atoms with E-state index in [1.165, 1.54) is 12.8 Å². The number of carbonyl (C=O) groups excluding carboxylic acids is 1. The van der Waals surface area contributed by atoms with Gasteiger partial charge in [0, 0.05) is 35.6 Å². The average Bonchev–Trinajstić information content (AvgIpc) is 3.13. The van der Waals surface area contributed by atoms with Gasteiger partial charge in [0.1, 0.15) is 11.6 Å². The minimum absolute atomic E-state index is 0.0874. The second kappa shape index (κ2) is 9.55. The zero-order chi connectivity index (χ0) is 22.8. The molecule has 7 nitrogen and oxygen atoms in total. The number of benzene rings is 1. The Morgan fingerprint density at radius 3 is 2.75 bits per heavy atom. The van der Waals surface area contributed by atoms with Crippen LogP contribution in [0.15, 0.2) is 24.5 Å². The lowest BCUT2D eigenvalue weighted by molar-refractivity contribution is -0.116. The molecular weight excluding hydrogens is 424 g/mol. The molecule has 2 heterocycles. The van der Waals surface area contributed by atoms with Crippen molar-refractivity contribution in [1.82, 2.24) is 19.5 Å². The van der Waals surface area contributed by atoms with E-state index in [0.717, 1.165) is 42.0 Å². The van der Waals surface area contributed by atoms with Crippen LogP contribution in [0.2, 0.25) is 5.02 Å². The Hall–Kier alpha value is -2.51. The number of Topliss-reactive ketones (excluding diaryl/α,β-unsaturated/α-hetero) is 1. The molecule has 1 aromatic carbocycles. The molecule has 1 saturated carbocycles. The minimum Gasteiger partial charge on any atom is -0.338 e. The average molecular weight is 455 g/mol. The monoisotopic (exact) mass is 454 g/mol. The van der Waals surface area contributed by atoms with Crippen LogP contribution in [0.3, 0.4) is 0 Å². The minimum atomic E-state index is 0.0874. The lowest BCUT2D eigenvalue weighted by Crippen LogP contribution is -2.34. The summed E-state index contributed by atoms with van der Waals surface area (Å²) in [5.74, 6) is 1.89. The summed E-state index contributed by atoms with van der Waals surface area (Å²) in [5.41, 5.74) is 9.55. The van der Waals surface area contributed by atoms with Crippen LogP contribution in [-0.4, -0.2) is 31.3 Å². The van der Waals surface area contributed by atoms with Crippen LogP contribution in [0.4, 0.5) is 11.5 Å². The molecule has 0 bridgehead atoms. The van der Waals surface area contributed by atoms with Crippen molar-refractivity contribution in [3.8, 4) is 0 Å². The van der Waals surface area contributed by atoms with Crippen LogP contribution in [0, 0.1) is 5.92 Å². The van der Waals surface area contributed by atoms with Crippen molar-refractivity contribution in [3.63, 3.8) is 0 Å². The number of anilines is 2. The quantitative estimate of drug-likeness (QED) is 0.521. The first-order valence-electron chi connectivity index (χ1n) is 11.3. The molecule has 0 aliphatic heterocycles. The van der Waals surface area contributed by atoms with Crippen molar-refractivity contribution < 1.29 is 4.79 Å². The maximum atomic E-state index is 11.6. The molecule has 1 fully saturated rings. The number of hydrogen-bond acceptors (Lipinski definition) is 6. The Kier molecular flexibility index (Phi) is 6.76. The zero-order valence-corrected chi connectivity index (χ0v) is 19.7. The van der Waals surface area contributed by atoms with Gasteiger partial charge in [0.15, 0.2) is 17.0 Å². The first-order chi connectivity index (χ1) is 15.3. The largest absolute Gasteiger partial charge is 0.338 e. The molecule has 0 radical (unpaired) electrons. The zero-order valence-electron chi connectivity index (χ0n) is 18.9. The number of halogens is 1. The number of rotatable bonds is 7. The van der Waals surface area contributed by atoms with Crippen molar-refractivity contribution in [2.45, 2.75) is 71.4 Å². The summed E-state index contributed by atoms with van der Waals surface area (Å²) < 4.78 is 2.06. The molecule has 2 atom stereocenters. The standard InChI is InChI=1S/C24H31ClN6O/c1-14(2)31-13-27-22-23(28-19-10-16(8-15(3)32)9-18(25)12-19)29-21(30-24(22)31)11-17-6-4-5-7-20(17)26/h9-10,12-14,17,20H,4-8,11,26H2,1-3H3,(H,28,29,30)/t17-,20-/m0/s1. The summed E-state index contributed by atoms with van der Waals surface area (Å²) in [5, 5.41) is 3.96. The maximum absolute atomic E-state index is 11.6. The van der Waals surface area contributed by atoms with Gasteiger partial charge in [0.05, 0.1) is 6.33 Å². The fraction of sp³-hybridized carbons (Fsp3) is 0.500. The van der Waals surface area contributed by atoms with Gasteiger partial charge in [0.2, 0.25) is 0 Å². The van der Waals surface area contributed by atoms with E-state index in [-0.39, 0.29) is 17.9 Å². The van der Waals surface area contributed by atoms with Crippen LogP contribution in [0.1, 0.15) is 63.9 Å². The fourth-order valence-electron chi connectivity index (χ4n) is 4.49. The summed E-state index contributed by atoms with van der Waals surface area (Å²) in [6, 6.07) is 5.98. The molecule has 0 saturated heterocycles. The molecule has 0 spiro atoms. The third kappa shape index (κ3) is 5.10. The topological polar surface area (TPSA) is 98.7 Å². The molecule has 1 aliphatic rings. The maximum Gasteiger partial charge on any atom is 0.166 e. The van der Waals surface area contributed by atoms with Crippen molar-refractivity contribution in [2.24, 2.45) is 11.7 Å². The van der Waals surface area contributed by atoms with Gasteiger partial charge in [-0.2, -0.15) is 0 Å². The number of imidazole rings is 1. The second-order valence-corrected chi connectivity index (χ2v) is 9.61. The Balaban J connectivity index is 1.73. The summed E-state index contributed by atoms with van der Waals surface area (Å²) in [6.07, 6.45) is 7.46. The van der Waals surface area contributed by atoms with E-state index in [1.54, 1.807) is 6.92 Å². The van der Waals surface area contributed by atoms with E-state index < -0.39 is 0 Å². The first kappa shape index (κ1) is 22.7. The van der Waals surface area contributed by atoms with E-state index in [9.17, 15) is 4.79 Å². The Morgan fingerprint density at radius 1 is 1.25 bits per heavy atom. The number of nitrogens with zero attached hydrogens (tertiary/aromatic N) is 4. The van der Waals surface area contributed by atoms with Gasteiger partial charge in [-0.05, 0) is 63.3 Å². The third-order valence-electron chi connectivity index (χ3n) is 6.11. The number of nitrogens with two attached hydrogens (primary N) is 1. The van der Waals surface area contributed by atoms with Crippen LogP contribution in [-0.2, 0) is 17.6 Å². The van der Waals surface area contributed by atoms with Gasteiger partial charge < -0.3 is 15.6 Å². The van der Waals surface area contributed by atoms with Crippen LogP contribution in [0.5, 0.6) is 0 Å². The highest BCUT2D eigenvalue weighted by molar-refractivity contribution is 6.31. The van der Waals surface area contributed by atoms with E-state index in [0.29, 0.717) is 28.7 Å². The van der Waals surface area contributed by atoms with Gasteiger partial charge in [-0.3, -0.25) is 4.79 Å². The molecule has 4 rings (SSSR count). The van der Waals surface area contributed by atoms with Crippen LogP contribution < -0.4 is 11.1 Å². The highest BCUT2D eigenvalue weighted by atomic mass is 35.5. The molecule has 8 heteroatoms. The molecule has 0 amide bonds. The van der Waals surface area contributed by atoms with Gasteiger partial charge in [0.25, 0.3) is 0 Å². The van der Waals surface area contributed by atoms with Crippen LogP contribution >= 0.6 is 11.6 Å². The number of nitrogens with one attached hydrogen (secondary N) is 1. The molecule has 2 aromatic heterocycles. The Bertz CT molecular complexity index is 1130. The molecular formula is C24H31ClN6O. The normalized spacial score (nSPS) is 18.9. The fourth-order valence-corrected chi connectivity index (χ4v) is 4.75. The summed E-state index contributed by atoms with van der Waals surface area (Å²) in [7, 11) is 0. The van der Waals surface area contributed by atoms with Crippen molar-refractivity contribution >= 4 is 40.1 Å². The highest BCUT2D eigenvalue weighted by Gasteiger charge is 2.24. The van der Waals surface area contributed by atoms with Gasteiger partial charge in [-0.15, -0.1) is 0 Å². The van der Waals surface area contributed by atoms with Gasteiger partial charge in [-0.25, -0.2) is 15.0 Å². The summed E-state index contributed by atoms with van der Waals surface area (Å²) in [4.78, 5) is 25.9. The summed E-state index contributed by atoms with van der Waals surface area (Å²) in [6.45, 7) is 5.79. The number of hydrogen-bond donors (Lipinski definition) is 2. The van der Waals surface area contributed by atoms with Crippen molar-refractivity contribution in [1.29, 1.82) is 0 Å².